The minimum atomic E-state index is 0.0805. The SMILES string of the molecule is C=CCc1c[nH]c(CO)c1. The van der Waals surface area contributed by atoms with Crippen molar-refractivity contribution < 1.29 is 5.11 Å². The molecule has 10 heavy (non-hydrogen) atoms. The average Bonchev–Trinajstić information content (AvgIpc) is 2.37. The Morgan fingerprint density at radius 1 is 1.70 bits per heavy atom. The Morgan fingerprint density at radius 3 is 3.00 bits per heavy atom. The predicted molar refractivity (Wildman–Crippen MR) is 40.6 cm³/mol. The Kier molecular flexibility index (Phi) is 2.29. The van der Waals surface area contributed by atoms with Crippen molar-refractivity contribution in [2.24, 2.45) is 0 Å². The van der Waals surface area contributed by atoms with Crippen molar-refractivity contribution in [3.63, 3.8) is 0 Å². The molecule has 2 nitrogen and oxygen atoms in total. The second-order valence-electron chi connectivity index (χ2n) is 2.18. The van der Waals surface area contributed by atoms with Crippen molar-refractivity contribution in [1.29, 1.82) is 0 Å². The molecule has 1 rings (SSSR count). The third kappa shape index (κ3) is 1.48. The Hall–Kier alpha value is -1.02. The lowest BCUT2D eigenvalue weighted by Crippen LogP contribution is -1.78. The van der Waals surface area contributed by atoms with Gasteiger partial charge in [0.15, 0.2) is 0 Å². The standard InChI is InChI=1S/C8H11NO/c1-2-3-7-4-8(6-10)9-5-7/h2,4-5,9-10H,1,3,6H2. The van der Waals surface area contributed by atoms with E-state index in [4.69, 9.17) is 5.11 Å². The van der Waals surface area contributed by atoms with Crippen molar-refractivity contribution >= 4 is 0 Å². The molecule has 2 N–H and O–H groups in total. The van der Waals surface area contributed by atoms with Crippen LogP contribution in [0.15, 0.2) is 24.9 Å². The highest BCUT2D eigenvalue weighted by atomic mass is 16.3. The molecular weight excluding hydrogens is 126 g/mol. The highest BCUT2D eigenvalue weighted by Crippen LogP contribution is 2.03. The first-order valence-corrected chi connectivity index (χ1v) is 3.24. The van der Waals surface area contributed by atoms with Gasteiger partial charge in [0.05, 0.1) is 6.61 Å². The molecule has 0 saturated carbocycles. The maximum atomic E-state index is 8.66. The zero-order chi connectivity index (χ0) is 7.40. The van der Waals surface area contributed by atoms with Gasteiger partial charge in [0.25, 0.3) is 0 Å². The number of aromatic nitrogens is 1. The van der Waals surface area contributed by atoms with Crippen molar-refractivity contribution in [2.45, 2.75) is 13.0 Å². The summed E-state index contributed by atoms with van der Waals surface area (Å²) in [6.45, 7) is 3.70. The number of aliphatic hydroxyl groups is 1. The van der Waals surface area contributed by atoms with E-state index in [2.05, 4.69) is 11.6 Å². The number of hydrogen-bond donors (Lipinski definition) is 2. The quantitative estimate of drug-likeness (QED) is 0.604. The van der Waals surface area contributed by atoms with Crippen LogP contribution in [0.4, 0.5) is 0 Å². The van der Waals surface area contributed by atoms with Crippen molar-refractivity contribution in [2.75, 3.05) is 0 Å². The maximum absolute atomic E-state index is 8.66. The first-order chi connectivity index (χ1) is 4.86. The van der Waals surface area contributed by atoms with E-state index in [9.17, 15) is 0 Å². The van der Waals surface area contributed by atoms with E-state index in [1.165, 1.54) is 5.56 Å². The van der Waals surface area contributed by atoms with E-state index in [-0.39, 0.29) is 6.61 Å². The molecule has 0 aliphatic heterocycles. The first kappa shape index (κ1) is 7.09. The van der Waals surface area contributed by atoms with Gasteiger partial charge in [-0.2, -0.15) is 0 Å². The van der Waals surface area contributed by atoms with Crippen LogP contribution < -0.4 is 0 Å². The molecule has 2 heteroatoms. The number of H-pyrrole nitrogens is 1. The van der Waals surface area contributed by atoms with Crippen molar-refractivity contribution in [3.05, 3.63) is 36.2 Å². The van der Waals surface area contributed by atoms with E-state index in [1.54, 1.807) is 0 Å². The summed E-state index contributed by atoms with van der Waals surface area (Å²) in [5, 5.41) is 8.66. The van der Waals surface area contributed by atoms with Crippen molar-refractivity contribution in [1.82, 2.24) is 4.98 Å². The number of nitrogens with one attached hydrogen (secondary N) is 1. The molecule has 0 saturated heterocycles. The van der Waals surface area contributed by atoms with Crippen LogP contribution in [0.2, 0.25) is 0 Å². The normalized spacial score (nSPS) is 9.70. The van der Waals surface area contributed by atoms with Crippen LogP contribution in [0, 0.1) is 0 Å². The van der Waals surface area contributed by atoms with E-state index in [1.807, 2.05) is 18.3 Å². The average molecular weight is 137 g/mol. The molecule has 0 aliphatic carbocycles. The number of aliphatic hydroxyl groups excluding tert-OH is 1. The molecule has 0 amide bonds. The Balaban J connectivity index is 2.67. The molecule has 54 valence electrons. The van der Waals surface area contributed by atoms with Crippen LogP contribution in [0.5, 0.6) is 0 Å². The minimum Gasteiger partial charge on any atom is -0.390 e. The van der Waals surface area contributed by atoms with Crippen LogP contribution in [-0.4, -0.2) is 10.1 Å². The summed E-state index contributed by atoms with van der Waals surface area (Å²) < 4.78 is 0. The molecule has 0 spiro atoms. The van der Waals surface area contributed by atoms with E-state index in [0.717, 1.165) is 12.1 Å². The summed E-state index contributed by atoms with van der Waals surface area (Å²) >= 11 is 0. The van der Waals surface area contributed by atoms with Gasteiger partial charge in [0.1, 0.15) is 0 Å². The molecule has 0 radical (unpaired) electrons. The summed E-state index contributed by atoms with van der Waals surface area (Å²) in [7, 11) is 0. The van der Waals surface area contributed by atoms with Gasteiger partial charge in [0, 0.05) is 11.9 Å². The minimum absolute atomic E-state index is 0.0805. The third-order valence-corrected chi connectivity index (χ3v) is 1.35. The lowest BCUT2D eigenvalue weighted by molar-refractivity contribution is 0.277. The first-order valence-electron chi connectivity index (χ1n) is 3.24. The third-order valence-electron chi connectivity index (χ3n) is 1.35. The number of rotatable bonds is 3. The van der Waals surface area contributed by atoms with E-state index < -0.39 is 0 Å². The molecule has 0 aromatic carbocycles. The highest BCUT2D eigenvalue weighted by molar-refractivity contribution is 5.18. The molecule has 1 heterocycles. The highest BCUT2D eigenvalue weighted by Gasteiger charge is 1.93. The smallest absolute Gasteiger partial charge is 0.0830 e. The maximum Gasteiger partial charge on any atom is 0.0830 e. The lowest BCUT2D eigenvalue weighted by Gasteiger charge is -1.84. The summed E-state index contributed by atoms with van der Waals surface area (Å²) in [6.07, 6.45) is 4.58. The van der Waals surface area contributed by atoms with Gasteiger partial charge in [-0.05, 0) is 18.1 Å². The van der Waals surface area contributed by atoms with E-state index >= 15 is 0 Å². The summed E-state index contributed by atoms with van der Waals surface area (Å²) in [5.74, 6) is 0. The van der Waals surface area contributed by atoms with Crippen LogP contribution >= 0.6 is 0 Å². The van der Waals surface area contributed by atoms with Crippen LogP contribution in [0.25, 0.3) is 0 Å². The lowest BCUT2D eigenvalue weighted by atomic mass is 10.2. The van der Waals surface area contributed by atoms with Crippen LogP contribution in [0.1, 0.15) is 11.3 Å². The second-order valence-corrected chi connectivity index (χ2v) is 2.18. The number of hydrogen-bond acceptors (Lipinski definition) is 1. The fourth-order valence-corrected chi connectivity index (χ4v) is 0.868. The van der Waals surface area contributed by atoms with Gasteiger partial charge >= 0.3 is 0 Å². The van der Waals surface area contributed by atoms with Crippen molar-refractivity contribution in [3.8, 4) is 0 Å². The zero-order valence-electron chi connectivity index (χ0n) is 5.80. The van der Waals surface area contributed by atoms with Gasteiger partial charge in [-0.25, -0.2) is 0 Å². The Labute approximate surface area is 60.2 Å². The summed E-state index contributed by atoms with van der Waals surface area (Å²) in [5.41, 5.74) is 2.02. The molecule has 0 unspecified atom stereocenters. The fourth-order valence-electron chi connectivity index (χ4n) is 0.868. The van der Waals surface area contributed by atoms with E-state index in [0.29, 0.717) is 0 Å². The van der Waals surface area contributed by atoms with Gasteiger partial charge < -0.3 is 10.1 Å². The molecule has 1 aromatic heterocycles. The van der Waals surface area contributed by atoms with Gasteiger partial charge in [0.2, 0.25) is 0 Å². The molecular formula is C8H11NO. The number of aromatic amines is 1. The predicted octanol–water partition coefficient (Wildman–Crippen LogP) is 1.24. The molecule has 0 aliphatic rings. The molecule has 0 bridgehead atoms. The van der Waals surface area contributed by atoms with Gasteiger partial charge in [-0.1, -0.05) is 6.08 Å². The summed E-state index contributed by atoms with van der Waals surface area (Å²) in [6, 6.07) is 1.93. The molecule has 0 fully saturated rings. The van der Waals surface area contributed by atoms with Gasteiger partial charge in [-0.15, -0.1) is 6.58 Å². The largest absolute Gasteiger partial charge is 0.390 e. The topological polar surface area (TPSA) is 36.0 Å². The summed E-state index contributed by atoms with van der Waals surface area (Å²) in [4.78, 5) is 2.94. The molecule has 0 atom stereocenters. The Morgan fingerprint density at radius 2 is 2.50 bits per heavy atom. The molecule has 1 aromatic rings. The zero-order valence-corrected chi connectivity index (χ0v) is 5.80. The fraction of sp³-hybridized carbons (Fsp3) is 0.250. The Bertz CT molecular complexity index is 215. The van der Waals surface area contributed by atoms with Gasteiger partial charge in [-0.3, -0.25) is 0 Å². The monoisotopic (exact) mass is 137 g/mol. The number of allylic oxidation sites excluding steroid dienone is 1. The van der Waals surface area contributed by atoms with Crippen LogP contribution in [-0.2, 0) is 13.0 Å². The second kappa shape index (κ2) is 3.22. The van der Waals surface area contributed by atoms with Crippen LogP contribution in [0.3, 0.4) is 0 Å².